The standard InChI is InChI=1S/C25H20F5N5O3/c1-25(37)9-34(10-25)24-31-6-11(7-32-24)14-8-35-20(5-15(14)26)33-21-18(36)3-13(22(21)35)12-2-16(27)17(28)4-19(12)38-23(29)30/h2,4-8,13,18,23,36-37H,3,9-10H2,1H3/t13-,18-/m0/s1. The van der Waals surface area contributed by atoms with Gasteiger partial charge < -0.3 is 24.3 Å². The Balaban J connectivity index is 1.43. The first-order chi connectivity index (χ1) is 18.0. The fourth-order valence-corrected chi connectivity index (χ4v) is 5.18. The Morgan fingerprint density at radius 2 is 1.74 bits per heavy atom. The van der Waals surface area contributed by atoms with Crippen LogP contribution in [0.15, 0.2) is 36.8 Å². The van der Waals surface area contributed by atoms with Crippen LogP contribution in [-0.2, 0) is 0 Å². The van der Waals surface area contributed by atoms with Crippen molar-refractivity contribution in [1.29, 1.82) is 0 Å². The van der Waals surface area contributed by atoms with E-state index in [9.17, 15) is 27.8 Å². The monoisotopic (exact) mass is 533 g/mol. The summed E-state index contributed by atoms with van der Waals surface area (Å²) in [6.07, 6.45) is 3.03. The first-order valence-corrected chi connectivity index (χ1v) is 11.6. The van der Waals surface area contributed by atoms with Crippen molar-refractivity contribution in [1.82, 2.24) is 19.4 Å². The summed E-state index contributed by atoms with van der Waals surface area (Å²) in [4.78, 5) is 14.6. The first kappa shape index (κ1) is 24.5. The van der Waals surface area contributed by atoms with Crippen LogP contribution in [0.5, 0.6) is 5.75 Å². The summed E-state index contributed by atoms with van der Waals surface area (Å²) in [7, 11) is 0. The second-order valence-corrected chi connectivity index (χ2v) is 9.76. The summed E-state index contributed by atoms with van der Waals surface area (Å²) >= 11 is 0. The fraction of sp³-hybridized carbons (Fsp3) is 0.320. The lowest BCUT2D eigenvalue weighted by atomic mass is 9.95. The van der Waals surface area contributed by atoms with Crippen LogP contribution in [0.25, 0.3) is 16.8 Å². The van der Waals surface area contributed by atoms with E-state index < -0.39 is 47.4 Å². The third kappa shape index (κ3) is 4.02. The third-order valence-electron chi connectivity index (χ3n) is 6.82. The molecule has 3 aromatic heterocycles. The van der Waals surface area contributed by atoms with Crippen molar-refractivity contribution in [3.8, 4) is 16.9 Å². The van der Waals surface area contributed by atoms with Gasteiger partial charge in [-0.3, -0.25) is 0 Å². The number of rotatable bonds is 5. The smallest absolute Gasteiger partial charge is 0.387 e. The number of aliphatic hydroxyl groups excluding tert-OH is 1. The van der Waals surface area contributed by atoms with Gasteiger partial charge >= 0.3 is 6.61 Å². The zero-order valence-electron chi connectivity index (χ0n) is 19.7. The van der Waals surface area contributed by atoms with Gasteiger partial charge in [-0.15, -0.1) is 0 Å². The van der Waals surface area contributed by atoms with Crippen molar-refractivity contribution in [3.05, 3.63) is 71.2 Å². The van der Waals surface area contributed by atoms with E-state index in [0.29, 0.717) is 36.4 Å². The third-order valence-corrected chi connectivity index (χ3v) is 6.82. The van der Waals surface area contributed by atoms with E-state index in [2.05, 4.69) is 19.7 Å². The van der Waals surface area contributed by atoms with Crippen molar-refractivity contribution < 1.29 is 36.9 Å². The van der Waals surface area contributed by atoms with Crippen LogP contribution in [0.3, 0.4) is 0 Å². The van der Waals surface area contributed by atoms with E-state index in [4.69, 9.17) is 0 Å². The zero-order chi connectivity index (χ0) is 26.9. The highest BCUT2D eigenvalue weighted by Crippen LogP contribution is 2.47. The highest BCUT2D eigenvalue weighted by atomic mass is 19.3. The topological polar surface area (TPSA) is 96.0 Å². The van der Waals surface area contributed by atoms with Crippen molar-refractivity contribution >= 4 is 11.6 Å². The molecule has 4 heterocycles. The van der Waals surface area contributed by atoms with Crippen molar-refractivity contribution in [2.75, 3.05) is 18.0 Å². The normalized spacial score (nSPS) is 20.2. The van der Waals surface area contributed by atoms with Gasteiger partial charge in [-0.25, -0.2) is 28.1 Å². The van der Waals surface area contributed by atoms with Gasteiger partial charge in [0, 0.05) is 53.3 Å². The Bertz CT molecular complexity index is 1550. The number of aromatic nitrogens is 4. The summed E-state index contributed by atoms with van der Waals surface area (Å²) in [5, 5.41) is 20.6. The molecule has 1 aliphatic heterocycles. The molecule has 1 aromatic carbocycles. The van der Waals surface area contributed by atoms with Crippen molar-refractivity contribution in [2.45, 2.75) is 37.6 Å². The summed E-state index contributed by atoms with van der Waals surface area (Å²) in [5.41, 5.74) is 0.0827. The second kappa shape index (κ2) is 8.60. The lowest BCUT2D eigenvalue weighted by molar-refractivity contribution is -0.0508. The number of fused-ring (bicyclic) bond motifs is 3. The average molecular weight is 533 g/mol. The second-order valence-electron chi connectivity index (χ2n) is 9.76. The molecule has 1 fully saturated rings. The maximum atomic E-state index is 15.1. The van der Waals surface area contributed by atoms with Gasteiger partial charge in [0.25, 0.3) is 0 Å². The van der Waals surface area contributed by atoms with Gasteiger partial charge in [-0.05, 0) is 19.4 Å². The van der Waals surface area contributed by atoms with Gasteiger partial charge in [-0.1, -0.05) is 0 Å². The molecule has 0 spiro atoms. The summed E-state index contributed by atoms with van der Waals surface area (Å²) in [6.45, 7) is -0.880. The Kier molecular flexibility index (Phi) is 5.54. The van der Waals surface area contributed by atoms with Gasteiger partial charge in [0.15, 0.2) is 11.6 Å². The molecule has 198 valence electrons. The summed E-state index contributed by atoms with van der Waals surface area (Å²) < 4.78 is 75.2. The van der Waals surface area contributed by atoms with Crippen LogP contribution in [0, 0.1) is 17.5 Å². The molecule has 2 aliphatic rings. The number of alkyl halides is 2. The summed E-state index contributed by atoms with van der Waals surface area (Å²) in [6, 6.07) is 2.43. The van der Waals surface area contributed by atoms with Gasteiger partial charge in [0.05, 0.1) is 36.2 Å². The molecule has 0 amide bonds. The fourth-order valence-electron chi connectivity index (χ4n) is 5.18. The SMILES string of the molecule is CC1(O)CN(c2ncc(-c3cn4c5c(nc4cc3F)[C@@H](O)C[C@H]5c3cc(F)c(F)cc3OC(F)F)cn2)C1. The van der Waals surface area contributed by atoms with Crippen molar-refractivity contribution in [2.24, 2.45) is 0 Å². The number of benzene rings is 1. The number of imidazole rings is 1. The van der Waals surface area contributed by atoms with Crippen molar-refractivity contribution in [3.63, 3.8) is 0 Å². The lowest BCUT2D eigenvalue weighted by Gasteiger charge is -2.44. The molecule has 38 heavy (non-hydrogen) atoms. The number of nitrogens with zero attached hydrogens (tertiary/aromatic N) is 5. The molecule has 2 atom stereocenters. The number of hydrogen-bond acceptors (Lipinski definition) is 7. The summed E-state index contributed by atoms with van der Waals surface area (Å²) in [5.74, 6) is -4.39. The Morgan fingerprint density at radius 1 is 1.05 bits per heavy atom. The maximum Gasteiger partial charge on any atom is 0.387 e. The van der Waals surface area contributed by atoms with Gasteiger partial charge in [0.1, 0.15) is 17.2 Å². The predicted octanol–water partition coefficient (Wildman–Crippen LogP) is 3.95. The Labute approximate surface area is 212 Å². The van der Waals surface area contributed by atoms with Crippen LogP contribution < -0.4 is 9.64 Å². The molecular formula is C25H20F5N5O3. The molecule has 6 rings (SSSR count). The molecule has 0 saturated carbocycles. The van der Waals surface area contributed by atoms with Crippen LogP contribution in [0.1, 0.15) is 42.3 Å². The van der Waals surface area contributed by atoms with Crippen LogP contribution in [0.2, 0.25) is 0 Å². The number of ether oxygens (including phenoxy) is 1. The van der Waals surface area contributed by atoms with Gasteiger partial charge in [-0.2, -0.15) is 8.78 Å². The number of hydrogen-bond donors (Lipinski definition) is 2. The first-order valence-electron chi connectivity index (χ1n) is 11.6. The highest BCUT2D eigenvalue weighted by molar-refractivity contribution is 5.66. The Morgan fingerprint density at radius 3 is 2.39 bits per heavy atom. The number of halogens is 5. The largest absolute Gasteiger partial charge is 0.434 e. The predicted molar refractivity (Wildman–Crippen MR) is 123 cm³/mol. The molecular weight excluding hydrogens is 513 g/mol. The quantitative estimate of drug-likeness (QED) is 0.375. The van der Waals surface area contributed by atoms with E-state index in [1.165, 1.54) is 23.0 Å². The van der Waals surface area contributed by atoms with Crippen LogP contribution >= 0.6 is 0 Å². The van der Waals surface area contributed by atoms with E-state index in [-0.39, 0.29) is 28.9 Å². The molecule has 0 bridgehead atoms. The molecule has 8 nitrogen and oxygen atoms in total. The molecule has 0 unspecified atom stereocenters. The number of β-amino-alcohol motifs (C(OH)–C–C–N with tert-alkyl or cyclic N) is 1. The molecule has 0 radical (unpaired) electrons. The Hall–Kier alpha value is -3.84. The van der Waals surface area contributed by atoms with E-state index in [1.54, 1.807) is 11.8 Å². The maximum absolute atomic E-state index is 15.1. The minimum absolute atomic E-state index is 0.0601. The number of aliphatic hydroxyl groups is 2. The van der Waals surface area contributed by atoms with E-state index >= 15 is 4.39 Å². The molecule has 1 saturated heterocycles. The van der Waals surface area contributed by atoms with E-state index in [0.717, 1.165) is 12.1 Å². The minimum Gasteiger partial charge on any atom is -0.434 e. The van der Waals surface area contributed by atoms with Gasteiger partial charge in [0.2, 0.25) is 5.95 Å². The van der Waals surface area contributed by atoms with Crippen LogP contribution in [-0.4, -0.2) is 54.9 Å². The molecule has 4 aromatic rings. The highest BCUT2D eigenvalue weighted by Gasteiger charge is 2.39. The number of pyridine rings is 1. The molecule has 13 heteroatoms. The number of anilines is 1. The molecule has 2 N–H and O–H groups in total. The zero-order valence-corrected chi connectivity index (χ0v) is 19.7. The van der Waals surface area contributed by atoms with E-state index in [1.807, 2.05) is 0 Å². The average Bonchev–Trinajstić information content (AvgIpc) is 3.35. The van der Waals surface area contributed by atoms with Crippen LogP contribution in [0.4, 0.5) is 27.9 Å². The minimum atomic E-state index is -3.29. The molecule has 1 aliphatic carbocycles. The lowest BCUT2D eigenvalue weighted by Crippen LogP contribution is -2.60.